The van der Waals surface area contributed by atoms with Gasteiger partial charge in [-0.1, -0.05) is 6.07 Å². The van der Waals surface area contributed by atoms with Crippen LogP contribution in [0.25, 0.3) is 0 Å². The summed E-state index contributed by atoms with van der Waals surface area (Å²) in [5.74, 6) is -0.0454. The van der Waals surface area contributed by atoms with Gasteiger partial charge in [0.25, 0.3) is 0 Å². The van der Waals surface area contributed by atoms with Gasteiger partial charge in [-0.25, -0.2) is 0 Å². The summed E-state index contributed by atoms with van der Waals surface area (Å²) in [6.07, 6.45) is 4.29. The highest BCUT2D eigenvalue weighted by molar-refractivity contribution is 7.10. The van der Waals surface area contributed by atoms with Gasteiger partial charge in [-0.05, 0) is 54.8 Å². The predicted molar refractivity (Wildman–Crippen MR) is 96.6 cm³/mol. The van der Waals surface area contributed by atoms with Crippen molar-refractivity contribution in [2.45, 2.75) is 19.4 Å². The third kappa shape index (κ3) is 3.81. The molecule has 1 N–H and O–H groups in total. The summed E-state index contributed by atoms with van der Waals surface area (Å²) >= 11 is 1.64. The van der Waals surface area contributed by atoms with E-state index >= 15 is 0 Å². The molecule has 0 spiro atoms. The van der Waals surface area contributed by atoms with Gasteiger partial charge in [0, 0.05) is 28.5 Å². The first-order valence-electron chi connectivity index (χ1n) is 7.70. The Hall–Kier alpha value is -2.66. The first kappa shape index (κ1) is 16.2. The second-order valence-corrected chi connectivity index (χ2v) is 6.53. The summed E-state index contributed by atoms with van der Waals surface area (Å²) < 4.78 is 2.05. The Morgan fingerprint density at radius 3 is 2.38 bits per heavy atom. The number of aromatic nitrogens is 1. The van der Waals surface area contributed by atoms with Crippen LogP contribution in [0.4, 0.5) is 5.69 Å². The molecule has 2 heterocycles. The normalized spacial score (nSPS) is 11.9. The van der Waals surface area contributed by atoms with Crippen molar-refractivity contribution < 1.29 is 9.59 Å². The first-order valence-corrected chi connectivity index (χ1v) is 8.58. The molecular formula is C19H18N2O2S. The molecule has 122 valence electrons. The van der Waals surface area contributed by atoms with Gasteiger partial charge in [0.15, 0.2) is 5.78 Å². The third-order valence-corrected chi connectivity index (χ3v) is 4.79. The number of carbonyl (C=O) groups is 2. The Morgan fingerprint density at radius 2 is 1.79 bits per heavy atom. The van der Waals surface area contributed by atoms with Gasteiger partial charge in [-0.15, -0.1) is 11.3 Å². The van der Waals surface area contributed by atoms with E-state index in [1.165, 1.54) is 6.92 Å². The monoisotopic (exact) mass is 338 g/mol. The average Bonchev–Trinajstić information content (AvgIpc) is 3.27. The molecule has 0 saturated carbocycles. The topological polar surface area (TPSA) is 51.1 Å². The summed E-state index contributed by atoms with van der Waals surface area (Å²) in [6, 6.07) is 14.9. The molecule has 1 atom stereocenters. The maximum Gasteiger partial charge on any atom is 0.226 e. The largest absolute Gasteiger partial charge is 0.346 e. The Bertz CT molecular complexity index is 771. The fraction of sp³-hybridized carbons (Fsp3) is 0.158. The zero-order valence-electron chi connectivity index (χ0n) is 13.3. The van der Waals surface area contributed by atoms with Gasteiger partial charge in [-0.2, -0.15) is 0 Å². The highest BCUT2D eigenvalue weighted by Gasteiger charge is 2.18. The lowest BCUT2D eigenvalue weighted by atomic mass is 10.1. The summed E-state index contributed by atoms with van der Waals surface area (Å²) in [5, 5.41) is 4.92. The quantitative estimate of drug-likeness (QED) is 0.679. The standard InChI is InChI=1S/C19H18N2O2S/c1-14(22)15-6-8-16(9-7-15)20-19(23)13-17(18-5-4-12-24-18)21-10-2-3-11-21/h2-12,17H,13H2,1H3,(H,20,23). The van der Waals surface area contributed by atoms with Crippen LogP contribution in [0, 0.1) is 0 Å². The van der Waals surface area contributed by atoms with Crippen molar-refractivity contribution in [3.8, 4) is 0 Å². The van der Waals surface area contributed by atoms with Crippen molar-refractivity contribution in [3.63, 3.8) is 0 Å². The fourth-order valence-corrected chi connectivity index (χ4v) is 3.40. The average molecular weight is 338 g/mol. The van der Waals surface area contributed by atoms with Gasteiger partial charge in [0.1, 0.15) is 0 Å². The van der Waals surface area contributed by atoms with Gasteiger partial charge in [-0.3, -0.25) is 9.59 Å². The number of amides is 1. The van der Waals surface area contributed by atoms with E-state index in [1.54, 1.807) is 35.6 Å². The van der Waals surface area contributed by atoms with Gasteiger partial charge in [0.05, 0.1) is 12.5 Å². The van der Waals surface area contributed by atoms with E-state index in [2.05, 4.69) is 5.32 Å². The zero-order valence-corrected chi connectivity index (χ0v) is 14.1. The molecule has 0 aliphatic rings. The van der Waals surface area contributed by atoms with Crippen LogP contribution in [0.5, 0.6) is 0 Å². The van der Waals surface area contributed by atoms with E-state index in [0.29, 0.717) is 17.7 Å². The first-order chi connectivity index (χ1) is 11.6. The maximum absolute atomic E-state index is 12.4. The lowest BCUT2D eigenvalue weighted by Crippen LogP contribution is -2.19. The minimum absolute atomic E-state index is 0.0123. The van der Waals surface area contributed by atoms with Crippen molar-refractivity contribution in [2.75, 3.05) is 5.32 Å². The predicted octanol–water partition coefficient (Wildman–Crippen LogP) is 4.37. The number of thiophene rings is 1. The number of Topliss-reactive ketones (excluding diaryl/α,β-unsaturated/α-hetero) is 1. The molecule has 0 aliphatic heterocycles. The molecule has 1 amide bonds. The van der Waals surface area contributed by atoms with Gasteiger partial charge >= 0.3 is 0 Å². The Labute approximate surface area is 144 Å². The Balaban J connectivity index is 1.71. The number of ketones is 1. The van der Waals surface area contributed by atoms with Crippen molar-refractivity contribution in [3.05, 3.63) is 76.7 Å². The van der Waals surface area contributed by atoms with Crippen LogP contribution in [-0.2, 0) is 4.79 Å². The molecule has 0 aliphatic carbocycles. The number of benzene rings is 1. The molecule has 0 fully saturated rings. The molecule has 0 bridgehead atoms. The molecule has 0 radical (unpaired) electrons. The number of carbonyl (C=O) groups excluding carboxylic acids is 2. The van der Waals surface area contributed by atoms with Crippen LogP contribution < -0.4 is 5.32 Å². The molecule has 3 rings (SSSR count). The molecule has 1 unspecified atom stereocenters. The minimum atomic E-state index is -0.0577. The lowest BCUT2D eigenvalue weighted by molar-refractivity contribution is -0.116. The van der Waals surface area contributed by atoms with Crippen molar-refractivity contribution in [1.82, 2.24) is 4.57 Å². The number of anilines is 1. The van der Waals surface area contributed by atoms with E-state index in [1.807, 2.05) is 46.6 Å². The van der Waals surface area contributed by atoms with Crippen molar-refractivity contribution >= 4 is 28.7 Å². The summed E-state index contributed by atoms with van der Waals surface area (Å²) in [4.78, 5) is 24.9. The molecule has 0 saturated heterocycles. The zero-order chi connectivity index (χ0) is 16.9. The van der Waals surface area contributed by atoms with Crippen LogP contribution >= 0.6 is 11.3 Å². The maximum atomic E-state index is 12.4. The highest BCUT2D eigenvalue weighted by atomic mass is 32.1. The number of nitrogens with zero attached hydrogens (tertiary/aromatic N) is 1. The molecule has 4 nitrogen and oxygen atoms in total. The minimum Gasteiger partial charge on any atom is -0.346 e. The Morgan fingerprint density at radius 1 is 1.08 bits per heavy atom. The number of hydrogen-bond acceptors (Lipinski definition) is 3. The van der Waals surface area contributed by atoms with E-state index in [4.69, 9.17) is 0 Å². The van der Waals surface area contributed by atoms with Crippen LogP contribution in [0.1, 0.15) is 34.6 Å². The van der Waals surface area contributed by atoms with E-state index < -0.39 is 0 Å². The molecule has 5 heteroatoms. The summed E-state index contributed by atoms with van der Waals surface area (Å²) in [5.41, 5.74) is 1.33. The molecule has 2 aromatic heterocycles. The van der Waals surface area contributed by atoms with Gasteiger partial charge in [0.2, 0.25) is 5.91 Å². The van der Waals surface area contributed by atoms with E-state index in [9.17, 15) is 9.59 Å². The van der Waals surface area contributed by atoms with Crippen LogP contribution in [0.3, 0.4) is 0 Å². The SMILES string of the molecule is CC(=O)c1ccc(NC(=O)CC(c2cccs2)n2cccc2)cc1. The van der Waals surface area contributed by atoms with Crippen LogP contribution in [0.15, 0.2) is 66.3 Å². The molecule has 3 aromatic rings. The second-order valence-electron chi connectivity index (χ2n) is 5.55. The molecule has 24 heavy (non-hydrogen) atoms. The van der Waals surface area contributed by atoms with Gasteiger partial charge < -0.3 is 9.88 Å². The number of nitrogens with one attached hydrogen (secondary N) is 1. The van der Waals surface area contributed by atoms with Crippen LogP contribution in [0.2, 0.25) is 0 Å². The Kier molecular flexibility index (Phi) is 4.91. The van der Waals surface area contributed by atoms with E-state index in [0.717, 1.165) is 4.88 Å². The van der Waals surface area contributed by atoms with Crippen molar-refractivity contribution in [1.29, 1.82) is 0 Å². The van der Waals surface area contributed by atoms with Crippen LogP contribution in [-0.4, -0.2) is 16.3 Å². The third-order valence-electron chi connectivity index (χ3n) is 3.81. The highest BCUT2D eigenvalue weighted by Crippen LogP contribution is 2.27. The van der Waals surface area contributed by atoms with Crippen molar-refractivity contribution in [2.24, 2.45) is 0 Å². The second kappa shape index (κ2) is 7.27. The lowest BCUT2D eigenvalue weighted by Gasteiger charge is -2.17. The number of rotatable bonds is 6. The molecular weight excluding hydrogens is 320 g/mol. The number of hydrogen-bond donors (Lipinski definition) is 1. The smallest absolute Gasteiger partial charge is 0.226 e. The summed E-state index contributed by atoms with van der Waals surface area (Å²) in [6.45, 7) is 1.52. The fourth-order valence-electron chi connectivity index (χ4n) is 2.57. The molecule has 1 aromatic carbocycles. The summed E-state index contributed by atoms with van der Waals surface area (Å²) in [7, 11) is 0. The van der Waals surface area contributed by atoms with E-state index in [-0.39, 0.29) is 17.7 Å².